The summed E-state index contributed by atoms with van der Waals surface area (Å²) in [6.07, 6.45) is 1.42. The van der Waals surface area contributed by atoms with E-state index in [1.807, 2.05) is 0 Å². The van der Waals surface area contributed by atoms with Crippen LogP contribution in [0.15, 0.2) is 23.0 Å². The molecule has 1 aromatic heterocycles. The third kappa shape index (κ3) is 3.22. The van der Waals surface area contributed by atoms with Crippen LogP contribution >= 0.6 is 11.6 Å². The second-order valence-corrected chi connectivity index (χ2v) is 5.54. The molecular weight excluding hydrogens is 292 g/mol. The maximum Gasteiger partial charge on any atom is 0.258 e. The molecule has 3 N–H and O–H groups in total. The quantitative estimate of drug-likeness (QED) is 0.785. The van der Waals surface area contributed by atoms with Gasteiger partial charge in [-0.2, -0.15) is 0 Å². The summed E-state index contributed by atoms with van der Waals surface area (Å²) >= 11 is 5.92. The largest absolute Gasteiger partial charge is 0.352 e. The Hall–Kier alpha value is -1.92. The molecule has 7 heteroatoms. The van der Waals surface area contributed by atoms with E-state index in [9.17, 15) is 9.59 Å². The fraction of sp³-hybridized carbons (Fsp3) is 0.357. The maximum absolute atomic E-state index is 11.9. The molecule has 1 aliphatic rings. The van der Waals surface area contributed by atoms with E-state index in [1.54, 1.807) is 18.2 Å². The molecule has 1 amide bonds. The lowest BCUT2D eigenvalue weighted by molar-refractivity contribution is -0.119. The molecule has 0 aliphatic carbocycles. The highest BCUT2D eigenvalue weighted by Gasteiger charge is 2.19. The number of nitrogens with zero attached hydrogens (tertiary/aromatic N) is 1. The van der Waals surface area contributed by atoms with Gasteiger partial charge < -0.3 is 15.6 Å². The van der Waals surface area contributed by atoms with Crippen molar-refractivity contribution in [2.75, 3.05) is 6.54 Å². The molecule has 0 saturated carbocycles. The van der Waals surface area contributed by atoms with E-state index in [0.29, 0.717) is 41.3 Å². The topological polar surface area (TPSA) is 86.9 Å². The number of aromatic amines is 1. The number of halogens is 1. The summed E-state index contributed by atoms with van der Waals surface area (Å²) in [4.78, 5) is 30.2. The summed E-state index contributed by atoms with van der Waals surface area (Å²) in [7, 11) is 0. The standard InChI is InChI=1S/C14H15ClN4O2/c15-8-1-3-10-11(5-8)18-12(19-14(10)21)7-16-6-9-2-4-13(20)17-9/h1,3,5,9,16H,2,4,6-7H2,(H,17,20)(H,18,19,21). The molecule has 1 aromatic carbocycles. The van der Waals surface area contributed by atoms with E-state index in [0.717, 1.165) is 6.42 Å². The molecule has 2 heterocycles. The van der Waals surface area contributed by atoms with Gasteiger partial charge in [-0.3, -0.25) is 9.59 Å². The van der Waals surface area contributed by atoms with Crippen LogP contribution in [-0.2, 0) is 11.3 Å². The van der Waals surface area contributed by atoms with Gasteiger partial charge in [-0.15, -0.1) is 0 Å². The zero-order chi connectivity index (χ0) is 14.8. The molecule has 1 aliphatic heterocycles. The Morgan fingerprint density at radius 3 is 3.00 bits per heavy atom. The zero-order valence-electron chi connectivity index (χ0n) is 11.3. The Balaban J connectivity index is 1.69. The Labute approximate surface area is 125 Å². The Morgan fingerprint density at radius 1 is 1.38 bits per heavy atom. The van der Waals surface area contributed by atoms with Gasteiger partial charge in [0.1, 0.15) is 5.82 Å². The summed E-state index contributed by atoms with van der Waals surface area (Å²) < 4.78 is 0. The van der Waals surface area contributed by atoms with Crippen LogP contribution in [0.3, 0.4) is 0 Å². The van der Waals surface area contributed by atoms with Crippen molar-refractivity contribution in [3.63, 3.8) is 0 Å². The number of H-pyrrole nitrogens is 1. The van der Waals surface area contributed by atoms with Crippen LogP contribution in [0.2, 0.25) is 5.02 Å². The predicted octanol–water partition coefficient (Wildman–Crippen LogP) is 0.945. The number of carbonyl (C=O) groups is 1. The van der Waals surface area contributed by atoms with Gasteiger partial charge in [0.15, 0.2) is 0 Å². The average Bonchev–Trinajstić information content (AvgIpc) is 2.84. The zero-order valence-corrected chi connectivity index (χ0v) is 12.0. The Morgan fingerprint density at radius 2 is 2.24 bits per heavy atom. The lowest BCUT2D eigenvalue weighted by atomic mass is 10.2. The van der Waals surface area contributed by atoms with Crippen molar-refractivity contribution in [2.45, 2.75) is 25.4 Å². The fourth-order valence-electron chi connectivity index (χ4n) is 2.44. The van der Waals surface area contributed by atoms with Crippen LogP contribution in [-0.4, -0.2) is 28.5 Å². The van der Waals surface area contributed by atoms with Crippen LogP contribution in [0.5, 0.6) is 0 Å². The molecule has 1 saturated heterocycles. The number of aromatic nitrogens is 2. The van der Waals surface area contributed by atoms with Crippen molar-refractivity contribution < 1.29 is 4.79 Å². The van der Waals surface area contributed by atoms with E-state index in [2.05, 4.69) is 20.6 Å². The van der Waals surface area contributed by atoms with Crippen molar-refractivity contribution in [1.29, 1.82) is 0 Å². The normalized spacial score (nSPS) is 18.1. The fourth-order valence-corrected chi connectivity index (χ4v) is 2.61. The Bertz CT molecular complexity index is 743. The number of fused-ring (bicyclic) bond motifs is 1. The molecule has 0 bridgehead atoms. The lowest BCUT2D eigenvalue weighted by Crippen LogP contribution is -2.35. The van der Waals surface area contributed by atoms with Gasteiger partial charge in [-0.1, -0.05) is 11.6 Å². The first kappa shape index (κ1) is 14.0. The van der Waals surface area contributed by atoms with Crippen molar-refractivity contribution >= 4 is 28.4 Å². The average molecular weight is 307 g/mol. The van der Waals surface area contributed by atoms with E-state index in [-0.39, 0.29) is 17.5 Å². The van der Waals surface area contributed by atoms with E-state index >= 15 is 0 Å². The van der Waals surface area contributed by atoms with Crippen LogP contribution in [0.1, 0.15) is 18.7 Å². The number of carbonyl (C=O) groups excluding carboxylic acids is 1. The summed E-state index contributed by atoms with van der Waals surface area (Å²) in [5.41, 5.74) is 0.403. The number of benzene rings is 1. The first-order chi connectivity index (χ1) is 10.1. The third-order valence-corrected chi connectivity index (χ3v) is 3.72. The molecule has 2 aromatic rings. The molecule has 6 nitrogen and oxygen atoms in total. The van der Waals surface area contributed by atoms with Gasteiger partial charge in [0.2, 0.25) is 5.91 Å². The van der Waals surface area contributed by atoms with E-state index < -0.39 is 0 Å². The third-order valence-electron chi connectivity index (χ3n) is 3.49. The molecule has 1 atom stereocenters. The summed E-state index contributed by atoms with van der Waals surface area (Å²) in [6.45, 7) is 1.09. The first-order valence-electron chi connectivity index (χ1n) is 6.80. The monoisotopic (exact) mass is 306 g/mol. The van der Waals surface area contributed by atoms with Crippen molar-refractivity contribution in [3.8, 4) is 0 Å². The van der Waals surface area contributed by atoms with Crippen LogP contribution in [0.4, 0.5) is 0 Å². The highest BCUT2D eigenvalue weighted by atomic mass is 35.5. The predicted molar refractivity (Wildman–Crippen MR) is 80.2 cm³/mol. The summed E-state index contributed by atoms with van der Waals surface area (Å²) in [5, 5.41) is 7.14. The van der Waals surface area contributed by atoms with Gasteiger partial charge >= 0.3 is 0 Å². The molecule has 1 unspecified atom stereocenters. The summed E-state index contributed by atoms with van der Waals surface area (Å²) in [5.74, 6) is 0.646. The van der Waals surface area contributed by atoms with Crippen molar-refractivity contribution in [2.24, 2.45) is 0 Å². The minimum absolute atomic E-state index is 0.0914. The number of hydrogen-bond donors (Lipinski definition) is 3. The molecular formula is C14H15ClN4O2. The first-order valence-corrected chi connectivity index (χ1v) is 7.18. The Kier molecular flexibility index (Phi) is 3.90. The smallest absolute Gasteiger partial charge is 0.258 e. The highest BCUT2D eigenvalue weighted by molar-refractivity contribution is 6.31. The van der Waals surface area contributed by atoms with Crippen LogP contribution in [0, 0.1) is 0 Å². The summed E-state index contributed by atoms with van der Waals surface area (Å²) in [6, 6.07) is 5.16. The molecule has 0 radical (unpaired) electrons. The second-order valence-electron chi connectivity index (χ2n) is 5.11. The van der Waals surface area contributed by atoms with Gasteiger partial charge in [0.05, 0.1) is 17.4 Å². The van der Waals surface area contributed by atoms with Gasteiger partial charge in [0, 0.05) is 24.0 Å². The molecule has 1 fully saturated rings. The number of hydrogen-bond acceptors (Lipinski definition) is 4. The van der Waals surface area contributed by atoms with E-state index in [4.69, 9.17) is 11.6 Å². The van der Waals surface area contributed by atoms with E-state index in [1.165, 1.54) is 0 Å². The highest BCUT2D eigenvalue weighted by Crippen LogP contribution is 2.14. The minimum Gasteiger partial charge on any atom is -0.352 e. The molecule has 0 spiro atoms. The number of nitrogens with one attached hydrogen (secondary N) is 3. The molecule has 110 valence electrons. The lowest BCUT2D eigenvalue weighted by Gasteiger charge is -2.11. The SMILES string of the molecule is O=C1CCC(CNCc2nc3cc(Cl)ccc3c(=O)[nH]2)N1. The van der Waals surface area contributed by atoms with Gasteiger partial charge in [0.25, 0.3) is 5.56 Å². The van der Waals surface area contributed by atoms with Crippen LogP contribution in [0.25, 0.3) is 10.9 Å². The minimum atomic E-state index is -0.178. The van der Waals surface area contributed by atoms with Crippen molar-refractivity contribution in [1.82, 2.24) is 20.6 Å². The van der Waals surface area contributed by atoms with Gasteiger partial charge in [-0.05, 0) is 24.6 Å². The van der Waals surface area contributed by atoms with Crippen molar-refractivity contribution in [3.05, 3.63) is 39.4 Å². The maximum atomic E-state index is 11.9. The number of rotatable bonds is 4. The molecule has 21 heavy (non-hydrogen) atoms. The van der Waals surface area contributed by atoms with Gasteiger partial charge in [-0.25, -0.2) is 4.98 Å². The number of amides is 1. The second kappa shape index (κ2) is 5.83. The molecule has 3 rings (SSSR count). The van der Waals surface area contributed by atoms with Crippen LogP contribution < -0.4 is 16.2 Å².